The molecule has 1 rings (SSSR count). The molecule has 5 nitrogen and oxygen atoms in total. The van der Waals surface area contributed by atoms with E-state index in [2.05, 4.69) is 4.72 Å². The lowest BCUT2D eigenvalue weighted by atomic mass is 10.4. The SMILES string of the molecule is CCOC(=O)[C@H](C)NS(=O)(=O)c1cc(C)sc1C. The van der Waals surface area contributed by atoms with Gasteiger partial charge in [-0.2, -0.15) is 4.72 Å². The average Bonchev–Trinajstić information content (AvgIpc) is 2.58. The standard InChI is InChI=1S/C11H17NO4S2/c1-5-16-11(13)8(3)12-18(14,15)10-6-7(2)17-9(10)4/h6,8,12H,5H2,1-4H3/t8-/m0/s1. The summed E-state index contributed by atoms with van der Waals surface area (Å²) in [6.07, 6.45) is 0. The maximum Gasteiger partial charge on any atom is 0.323 e. The van der Waals surface area contributed by atoms with Gasteiger partial charge in [-0.3, -0.25) is 4.79 Å². The Morgan fingerprint density at radius 1 is 1.50 bits per heavy atom. The van der Waals surface area contributed by atoms with E-state index in [1.54, 1.807) is 19.9 Å². The molecule has 0 aromatic carbocycles. The Morgan fingerprint density at radius 3 is 2.56 bits per heavy atom. The van der Waals surface area contributed by atoms with Crippen LogP contribution in [0.5, 0.6) is 0 Å². The van der Waals surface area contributed by atoms with Crippen LogP contribution in [0.2, 0.25) is 0 Å². The van der Waals surface area contributed by atoms with Crippen LogP contribution in [0, 0.1) is 13.8 Å². The molecule has 1 aromatic heterocycles. The first kappa shape index (κ1) is 15.1. The Morgan fingerprint density at radius 2 is 2.11 bits per heavy atom. The Balaban J connectivity index is 2.89. The fraction of sp³-hybridized carbons (Fsp3) is 0.545. The minimum atomic E-state index is -3.67. The van der Waals surface area contributed by atoms with E-state index < -0.39 is 22.0 Å². The topological polar surface area (TPSA) is 72.5 Å². The molecule has 1 aromatic rings. The predicted molar refractivity (Wildman–Crippen MR) is 70.2 cm³/mol. The van der Waals surface area contributed by atoms with Crippen molar-refractivity contribution in [2.75, 3.05) is 6.61 Å². The van der Waals surface area contributed by atoms with E-state index >= 15 is 0 Å². The summed E-state index contributed by atoms with van der Waals surface area (Å²) in [5.74, 6) is -0.578. The lowest BCUT2D eigenvalue weighted by molar-refractivity contribution is -0.144. The predicted octanol–water partition coefficient (Wildman–Crippen LogP) is 1.59. The van der Waals surface area contributed by atoms with Gasteiger partial charge < -0.3 is 4.74 Å². The molecule has 0 aliphatic carbocycles. The Labute approximate surface area is 111 Å². The minimum absolute atomic E-state index is 0.223. The first-order valence-electron chi connectivity index (χ1n) is 5.54. The van der Waals surface area contributed by atoms with Gasteiger partial charge in [-0.25, -0.2) is 8.42 Å². The van der Waals surface area contributed by atoms with Gasteiger partial charge in [0.05, 0.1) is 11.5 Å². The Bertz CT molecular complexity index is 533. The van der Waals surface area contributed by atoms with Crippen molar-refractivity contribution in [3.8, 4) is 0 Å². The third-order valence-corrected chi connectivity index (χ3v) is 5.02. The highest BCUT2D eigenvalue weighted by atomic mass is 32.2. The van der Waals surface area contributed by atoms with Crippen molar-refractivity contribution in [1.82, 2.24) is 4.72 Å². The second-order valence-electron chi connectivity index (χ2n) is 3.87. The van der Waals surface area contributed by atoms with Crippen molar-refractivity contribution >= 4 is 27.3 Å². The number of nitrogens with one attached hydrogen (secondary N) is 1. The van der Waals surface area contributed by atoms with E-state index in [4.69, 9.17) is 4.74 Å². The molecule has 1 N–H and O–H groups in total. The van der Waals surface area contributed by atoms with E-state index in [9.17, 15) is 13.2 Å². The molecule has 0 fully saturated rings. The first-order valence-corrected chi connectivity index (χ1v) is 7.84. The smallest absolute Gasteiger partial charge is 0.323 e. The summed E-state index contributed by atoms with van der Waals surface area (Å²) >= 11 is 1.41. The molecule has 18 heavy (non-hydrogen) atoms. The van der Waals surface area contributed by atoms with Crippen LogP contribution < -0.4 is 4.72 Å². The molecular formula is C11H17NO4S2. The molecule has 102 valence electrons. The Hall–Kier alpha value is -0.920. The summed E-state index contributed by atoms with van der Waals surface area (Å²) in [6.45, 7) is 6.93. The molecule has 0 spiro atoms. The van der Waals surface area contributed by atoms with E-state index in [1.807, 2.05) is 6.92 Å². The molecule has 1 heterocycles. The summed E-state index contributed by atoms with van der Waals surface area (Å²) < 4.78 is 31.2. The van der Waals surface area contributed by atoms with Crippen molar-refractivity contribution in [3.05, 3.63) is 15.8 Å². The molecular weight excluding hydrogens is 274 g/mol. The number of ether oxygens (including phenoxy) is 1. The second-order valence-corrected chi connectivity index (χ2v) is 7.02. The molecule has 0 amide bonds. The highest BCUT2D eigenvalue weighted by molar-refractivity contribution is 7.89. The van der Waals surface area contributed by atoms with Gasteiger partial charge in [0.15, 0.2) is 0 Å². The minimum Gasteiger partial charge on any atom is -0.465 e. The highest BCUT2D eigenvalue weighted by Gasteiger charge is 2.25. The number of hydrogen-bond acceptors (Lipinski definition) is 5. The van der Waals surface area contributed by atoms with Crippen molar-refractivity contribution in [3.63, 3.8) is 0 Å². The quantitative estimate of drug-likeness (QED) is 0.836. The van der Waals surface area contributed by atoms with E-state index in [1.165, 1.54) is 18.3 Å². The van der Waals surface area contributed by atoms with Crippen molar-refractivity contribution in [1.29, 1.82) is 0 Å². The fourth-order valence-electron chi connectivity index (χ4n) is 1.49. The van der Waals surface area contributed by atoms with Crippen LogP contribution >= 0.6 is 11.3 Å². The van der Waals surface area contributed by atoms with Gasteiger partial charge in [-0.05, 0) is 33.8 Å². The van der Waals surface area contributed by atoms with Crippen LogP contribution in [-0.2, 0) is 19.6 Å². The van der Waals surface area contributed by atoms with Gasteiger partial charge in [-0.15, -0.1) is 11.3 Å². The maximum absolute atomic E-state index is 12.1. The van der Waals surface area contributed by atoms with Gasteiger partial charge in [0.25, 0.3) is 0 Å². The molecule has 0 bridgehead atoms. The van der Waals surface area contributed by atoms with Gasteiger partial charge >= 0.3 is 5.97 Å². The van der Waals surface area contributed by atoms with Crippen molar-refractivity contribution < 1.29 is 17.9 Å². The van der Waals surface area contributed by atoms with E-state index in [0.717, 1.165) is 4.88 Å². The third-order valence-electron chi connectivity index (χ3n) is 2.26. The third kappa shape index (κ3) is 3.54. The number of aryl methyl sites for hydroxylation is 2. The number of esters is 1. The van der Waals surface area contributed by atoms with E-state index in [-0.39, 0.29) is 11.5 Å². The van der Waals surface area contributed by atoms with Crippen molar-refractivity contribution in [2.45, 2.75) is 38.6 Å². The largest absolute Gasteiger partial charge is 0.465 e. The number of carbonyl (C=O) groups is 1. The zero-order valence-electron chi connectivity index (χ0n) is 10.8. The first-order chi connectivity index (χ1) is 8.27. The number of rotatable bonds is 5. The van der Waals surface area contributed by atoms with Gasteiger partial charge in [0.2, 0.25) is 10.0 Å². The van der Waals surface area contributed by atoms with Crippen LogP contribution in [0.1, 0.15) is 23.6 Å². The Kier molecular flexibility index (Phi) is 4.89. The zero-order chi connectivity index (χ0) is 13.9. The van der Waals surface area contributed by atoms with Crippen LogP contribution in [-0.4, -0.2) is 27.0 Å². The summed E-state index contributed by atoms with van der Waals surface area (Å²) in [7, 11) is -3.67. The lowest BCUT2D eigenvalue weighted by Gasteiger charge is -2.12. The summed E-state index contributed by atoms with van der Waals surface area (Å²) in [5.41, 5.74) is 0. The molecule has 0 unspecified atom stereocenters. The van der Waals surface area contributed by atoms with Gasteiger partial charge in [0.1, 0.15) is 6.04 Å². The molecule has 1 atom stereocenters. The average molecular weight is 291 g/mol. The molecule has 0 aliphatic rings. The maximum atomic E-state index is 12.1. The molecule has 0 saturated heterocycles. The summed E-state index contributed by atoms with van der Waals surface area (Å²) in [6, 6.07) is 0.703. The normalized spacial score (nSPS) is 13.3. The molecule has 7 heteroatoms. The molecule has 0 saturated carbocycles. The molecule has 0 aliphatic heterocycles. The summed E-state index contributed by atoms with van der Waals surface area (Å²) in [4.78, 5) is 13.2. The lowest BCUT2D eigenvalue weighted by Crippen LogP contribution is -2.39. The zero-order valence-corrected chi connectivity index (χ0v) is 12.4. The molecule has 0 radical (unpaired) electrons. The number of thiophene rings is 1. The highest BCUT2D eigenvalue weighted by Crippen LogP contribution is 2.24. The van der Waals surface area contributed by atoms with Crippen LogP contribution in [0.3, 0.4) is 0 Å². The fourth-order valence-corrected chi connectivity index (χ4v) is 4.23. The van der Waals surface area contributed by atoms with Crippen LogP contribution in [0.4, 0.5) is 0 Å². The number of hydrogen-bond donors (Lipinski definition) is 1. The van der Waals surface area contributed by atoms with Crippen LogP contribution in [0.25, 0.3) is 0 Å². The van der Waals surface area contributed by atoms with Crippen molar-refractivity contribution in [2.24, 2.45) is 0 Å². The second kappa shape index (κ2) is 5.81. The number of carbonyl (C=O) groups excluding carboxylic acids is 1. The van der Waals surface area contributed by atoms with Gasteiger partial charge in [-0.1, -0.05) is 0 Å². The van der Waals surface area contributed by atoms with E-state index in [0.29, 0.717) is 4.88 Å². The monoisotopic (exact) mass is 291 g/mol. The number of sulfonamides is 1. The van der Waals surface area contributed by atoms with Crippen LogP contribution in [0.15, 0.2) is 11.0 Å². The van der Waals surface area contributed by atoms with Gasteiger partial charge in [0, 0.05) is 9.75 Å². The summed E-state index contributed by atoms with van der Waals surface area (Å²) in [5, 5.41) is 0.